The van der Waals surface area contributed by atoms with E-state index >= 15 is 0 Å². The first kappa shape index (κ1) is 17.9. The average molecular weight is 413 g/mol. The average Bonchev–Trinajstić information content (AvgIpc) is 2.90. The number of hydrogen-bond donors (Lipinski definition) is 1. The van der Waals surface area contributed by atoms with Gasteiger partial charge in [0.1, 0.15) is 18.1 Å². The molecule has 1 aliphatic heterocycles. The van der Waals surface area contributed by atoms with E-state index in [1.807, 2.05) is 48.5 Å². The molecule has 1 saturated heterocycles. The lowest BCUT2D eigenvalue weighted by Gasteiger charge is -2.07. The Morgan fingerprint density at radius 2 is 1.77 bits per heavy atom. The Kier molecular flexibility index (Phi) is 5.53. The van der Waals surface area contributed by atoms with Crippen LogP contribution in [0.1, 0.15) is 11.1 Å². The zero-order valence-electron chi connectivity index (χ0n) is 13.9. The van der Waals surface area contributed by atoms with Crippen LogP contribution in [0.3, 0.4) is 0 Å². The van der Waals surface area contributed by atoms with E-state index in [4.69, 9.17) is 4.74 Å². The molecule has 132 valence electrons. The van der Waals surface area contributed by atoms with Crippen molar-refractivity contribution in [2.75, 3.05) is 6.54 Å². The maximum atomic E-state index is 12.2. The predicted molar refractivity (Wildman–Crippen MR) is 103 cm³/mol. The fourth-order valence-corrected chi connectivity index (χ4v) is 2.71. The zero-order chi connectivity index (χ0) is 18.5. The van der Waals surface area contributed by atoms with Gasteiger partial charge in [0.05, 0.1) is 0 Å². The van der Waals surface area contributed by atoms with Gasteiger partial charge in [0, 0.05) is 11.0 Å². The molecule has 0 spiro atoms. The molecule has 26 heavy (non-hydrogen) atoms. The quantitative estimate of drug-likeness (QED) is 0.441. The number of hydrogen-bond acceptors (Lipinski definition) is 3. The molecule has 0 saturated carbocycles. The highest BCUT2D eigenvalue weighted by molar-refractivity contribution is 9.10. The molecule has 0 bridgehead atoms. The first-order valence-corrected chi connectivity index (χ1v) is 8.79. The van der Waals surface area contributed by atoms with Crippen LogP contribution in [0.25, 0.3) is 6.08 Å². The van der Waals surface area contributed by atoms with Crippen LogP contribution in [0.2, 0.25) is 0 Å². The highest BCUT2D eigenvalue weighted by Crippen LogP contribution is 2.19. The van der Waals surface area contributed by atoms with E-state index in [-0.39, 0.29) is 18.1 Å². The van der Waals surface area contributed by atoms with Crippen LogP contribution < -0.4 is 10.1 Å². The second-order valence-corrected chi connectivity index (χ2v) is 6.59. The minimum Gasteiger partial charge on any atom is -0.489 e. The molecule has 5 nitrogen and oxygen atoms in total. The Bertz CT molecular complexity index is 858. The zero-order valence-corrected chi connectivity index (χ0v) is 15.5. The van der Waals surface area contributed by atoms with Crippen molar-refractivity contribution in [3.8, 4) is 5.75 Å². The number of carbonyl (C=O) groups is 2. The van der Waals surface area contributed by atoms with Gasteiger partial charge in [-0.1, -0.05) is 46.3 Å². The van der Waals surface area contributed by atoms with Gasteiger partial charge in [-0.25, -0.2) is 4.79 Å². The summed E-state index contributed by atoms with van der Waals surface area (Å²) >= 11 is 3.40. The summed E-state index contributed by atoms with van der Waals surface area (Å²) in [5, 5.41) is 2.57. The number of amides is 3. The number of rotatable bonds is 6. The SMILES string of the molecule is C=CCN1C(=O)N/C(=C/c2ccc(OCc3ccc(Br)cc3)cc2)C1=O. The summed E-state index contributed by atoms with van der Waals surface area (Å²) in [6, 6.07) is 14.8. The van der Waals surface area contributed by atoms with E-state index in [0.29, 0.717) is 6.61 Å². The van der Waals surface area contributed by atoms with Gasteiger partial charge in [0.15, 0.2) is 0 Å². The van der Waals surface area contributed by atoms with Crippen molar-refractivity contribution in [2.45, 2.75) is 6.61 Å². The van der Waals surface area contributed by atoms with Crippen molar-refractivity contribution < 1.29 is 14.3 Å². The highest BCUT2D eigenvalue weighted by atomic mass is 79.9. The van der Waals surface area contributed by atoms with Gasteiger partial charge < -0.3 is 10.1 Å². The molecular formula is C20H17BrN2O3. The molecule has 0 aliphatic carbocycles. The van der Waals surface area contributed by atoms with Gasteiger partial charge in [-0.3, -0.25) is 9.69 Å². The Labute approximate surface area is 160 Å². The predicted octanol–water partition coefficient (Wildman–Crippen LogP) is 4.11. The fraction of sp³-hybridized carbons (Fsp3) is 0.100. The lowest BCUT2D eigenvalue weighted by molar-refractivity contribution is -0.122. The molecule has 1 aliphatic rings. The van der Waals surface area contributed by atoms with Crippen molar-refractivity contribution in [3.05, 3.63) is 82.5 Å². The molecule has 1 N–H and O–H groups in total. The fourth-order valence-electron chi connectivity index (χ4n) is 2.44. The van der Waals surface area contributed by atoms with Gasteiger partial charge in [-0.2, -0.15) is 0 Å². The minimum atomic E-state index is -0.435. The molecule has 0 radical (unpaired) electrons. The van der Waals surface area contributed by atoms with Crippen LogP contribution in [0.4, 0.5) is 4.79 Å². The third-order valence-corrected chi connectivity index (χ3v) is 4.31. The summed E-state index contributed by atoms with van der Waals surface area (Å²) in [4.78, 5) is 25.0. The molecular weight excluding hydrogens is 396 g/mol. The summed E-state index contributed by atoms with van der Waals surface area (Å²) in [6.07, 6.45) is 3.15. The topological polar surface area (TPSA) is 58.6 Å². The van der Waals surface area contributed by atoms with E-state index in [1.54, 1.807) is 6.08 Å². The number of nitrogens with one attached hydrogen (secondary N) is 1. The van der Waals surface area contributed by atoms with Crippen LogP contribution >= 0.6 is 15.9 Å². The summed E-state index contributed by atoms with van der Waals surface area (Å²) in [7, 11) is 0. The molecule has 1 heterocycles. The monoisotopic (exact) mass is 412 g/mol. The first-order valence-electron chi connectivity index (χ1n) is 7.99. The molecule has 0 unspecified atom stereocenters. The van der Waals surface area contributed by atoms with Crippen LogP contribution in [-0.2, 0) is 11.4 Å². The molecule has 0 atom stereocenters. The highest BCUT2D eigenvalue weighted by Gasteiger charge is 2.32. The molecule has 2 aromatic carbocycles. The first-order chi connectivity index (χ1) is 12.6. The van der Waals surface area contributed by atoms with E-state index < -0.39 is 6.03 Å². The van der Waals surface area contributed by atoms with Crippen LogP contribution in [-0.4, -0.2) is 23.4 Å². The van der Waals surface area contributed by atoms with Gasteiger partial charge in [0.2, 0.25) is 0 Å². The third kappa shape index (κ3) is 4.21. The third-order valence-electron chi connectivity index (χ3n) is 3.78. The van der Waals surface area contributed by atoms with Crippen molar-refractivity contribution >= 4 is 33.9 Å². The molecule has 2 aromatic rings. The number of ether oxygens (including phenoxy) is 1. The standard InChI is InChI=1S/C20H17BrN2O3/c1-2-11-23-19(24)18(22-20(23)25)12-14-5-9-17(10-6-14)26-13-15-3-7-16(21)8-4-15/h2-10,12H,1,11,13H2,(H,22,25)/b18-12+. The van der Waals surface area contributed by atoms with E-state index in [9.17, 15) is 9.59 Å². The van der Waals surface area contributed by atoms with Crippen LogP contribution in [0, 0.1) is 0 Å². The van der Waals surface area contributed by atoms with Crippen molar-refractivity contribution in [2.24, 2.45) is 0 Å². The number of carbonyl (C=O) groups excluding carboxylic acids is 2. The Morgan fingerprint density at radius 1 is 1.08 bits per heavy atom. The van der Waals surface area contributed by atoms with E-state index in [1.165, 1.54) is 6.08 Å². The van der Waals surface area contributed by atoms with Crippen LogP contribution in [0.15, 0.2) is 71.4 Å². The molecule has 3 rings (SSSR count). The second kappa shape index (κ2) is 8.01. The summed E-state index contributed by atoms with van der Waals surface area (Å²) in [5.74, 6) is 0.371. The number of nitrogens with zero attached hydrogens (tertiary/aromatic N) is 1. The van der Waals surface area contributed by atoms with Crippen molar-refractivity contribution in [1.82, 2.24) is 10.2 Å². The maximum Gasteiger partial charge on any atom is 0.329 e. The number of halogens is 1. The van der Waals surface area contributed by atoms with Gasteiger partial charge >= 0.3 is 6.03 Å². The smallest absolute Gasteiger partial charge is 0.329 e. The molecule has 1 fully saturated rings. The maximum absolute atomic E-state index is 12.2. The van der Waals surface area contributed by atoms with E-state index in [0.717, 1.165) is 26.2 Å². The normalized spacial score (nSPS) is 15.3. The lowest BCUT2D eigenvalue weighted by atomic mass is 10.2. The lowest BCUT2D eigenvalue weighted by Crippen LogP contribution is -2.30. The Morgan fingerprint density at radius 3 is 2.42 bits per heavy atom. The van der Waals surface area contributed by atoms with Gasteiger partial charge in [0.25, 0.3) is 5.91 Å². The van der Waals surface area contributed by atoms with Crippen molar-refractivity contribution in [3.63, 3.8) is 0 Å². The number of benzene rings is 2. The molecule has 3 amide bonds. The van der Waals surface area contributed by atoms with Crippen molar-refractivity contribution in [1.29, 1.82) is 0 Å². The van der Waals surface area contributed by atoms with Gasteiger partial charge in [-0.15, -0.1) is 6.58 Å². The molecule has 6 heteroatoms. The summed E-state index contributed by atoms with van der Waals surface area (Å²) < 4.78 is 6.78. The summed E-state index contributed by atoms with van der Waals surface area (Å²) in [5.41, 5.74) is 2.12. The Balaban J connectivity index is 1.64. The number of urea groups is 1. The summed E-state index contributed by atoms with van der Waals surface area (Å²) in [6.45, 7) is 4.20. The van der Waals surface area contributed by atoms with Gasteiger partial charge in [-0.05, 0) is 41.5 Å². The second-order valence-electron chi connectivity index (χ2n) is 5.68. The Hall–Kier alpha value is -2.86. The molecule has 0 aromatic heterocycles. The number of imide groups is 1. The minimum absolute atomic E-state index is 0.185. The largest absolute Gasteiger partial charge is 0.489 e. The van der Waals surface area contributed by atoms with Crippen LogP contribution in [0.5, 0.6) is 5.75 Å². The van der Waals surface area contributed by atoms with E-state index in [2.05, 4.69) is 27.8 Å².